The molecule has 1 saturated carbocycles. The predicted octanol–water partition coefficient (Wildman–Crippen LogP) is 6.40. The average molecular weight is 627 g/mol. The van der Waals surface area contributed by atoms with Crippen molar-refractivity contribution in [1.29, 1.82) is 0 Å². The minimum absolute atomic E-state index is 0.319. The first-order valence-corrected chi connectivity index (χ1v) is 16.8. The van der Waals surface area contributed by atoms with Gasteiger partial charge in [-0.25, -0.2) is 17.7 Å². The Bertz CT molecular complexity index is 1680. The third kappa shape index (κ3) is 5.34. The molecular weight excluding hydrogens is 593 g/mol. The van der Waals surface area contributed by atoms with Crippen molar-refractivity contribution in [2.24, 2.45) is 5.92 Å². The summed E-state index contributed by atoms with van der Waals surface area (Å²) in [5.74, 6) is 1.37. The van der Waals surface area contributed by atoms with E-state index in [0.29, 0.717) is 35.0 Å². The quantitative estimate of drug-likeness (QED) is 0.167. The summed E-state index contributed by atoms with van der Waals surface area (Å²) in [6.07, 6.45) is 5.06. The summed E-state index contributed by atoms with van der Waals surface area (Å²) < 4.78 is 33.5. The van der Waals surface area contributed by atoms with Crippen LogP contribution < -0.4 is 0 Å². The topological polar surface area (TPSA) is 81.5 Å². The summed E-state index contributed by atoms with van der Waals surface area (Å²) in [5.41, 5.74) is 2.75. The van der Waals surface area contributed by atoms with Crippen LogP contribution >= 0.6 is 23.2 Å². The summed E-state index contributed by atoms with van der Waals surface area (Å²) in [4.78, 5) is 19.1. The van der Waals surface area contributed by atoms with E-state index in [4.69, 9.17) is 32.9 Å². The number of carbonyl (C=O) groups excluding carboxylic acids is 1. The lowest BCUT2D eigenvalue weighted by Gasteiger charge is -2.33. The highest BCUT2D eigenvalue weighted by molar-refractivity contribution is 7.88. The van der Waals surface area contributed by atoms with Crippen molar-refractivity contribution in [3.05, 3.63) is 99.3 Å². The van der Waals surface area contributed by atoms with Gasteiger partial charge in [0.1, 0.15) is 11.2 Å². The van der Waals surface area contributed by atoms with Crippen molar-refractivity contribution in [2.45, 2.75) is 43.6 Å². The van der Waals surface area contributed by atoms with Crippen LogP contribution in [-0.2, 0) is 31.5 Å². The third-order valence-electron chi connectivity index (χ3n) is 8.68. The van der Waals surface area contributed by atoms with Crippen LogP contribution in [0.15, 0.2) is 66.7 Å². The monoisotopic (exact) mass is 625 g/mol. The van der Waals surface area contributed by atoms with Crippen LogP contribution in [0.3, 0.4) is 0 Å². The zero-order valence-electron chi connectivity index (χ0n) is 23.6. The molecule has 1 aromatic heterocycles. The van der Waals surface area contributed by atoms with Crippen LogP contribution in [0, 0.1) is 5.92 Å². The maximum absolute atomic E-state index is 14.0. The van der Waals surface area contributed by atoms with Crippen molar-refractivity contribution in [3.63, 3.8) is 0 Å². The number of hydrogen-bond acceptors (Lipinski definition) is 5. The number of hydrogen-bond donors (Lipinski definition) is 0. The van der Waals surface area contributed by atoms with Gasteiger partial charge in [0.05, 0.1) is 24.4 Å². The zero-order valence-corrected chi connectivity index (χ0v) is 25.9. The van der Waals surface area contributed by atoms with E-state index in [1.807, 2.05) is 36.4 Å². The van der Waals surface area contributed by atoms with Crippen molar-refractivity contribution in [2.75, 3.05) is 26.5 Å². The lowest BCUT2D eigenvalue weighted by molar-refractivity contribution is -0.144. The molecule has 0 unspecified atom stereocenters. The number of piperidine rings is 1. The first kappa shape index (κ1) is 29.2. The van der Waals surface area contributed by atoms with Gasteiger partial charge in [0.2, 0.25) is 10.0 Å². The Morgan fingerprint density at radius 2 is 1.45 bits per heavy atom. The molecule has 2 fully saturated rings. The Morgan fingerprint density at radius 3 is 1.95 bits per heavy atom. The SMILES string of the molecule is COC(=O)C(c1ccc(Cl)cc1)(c1ccc(Cl)cc1)c1ccc2nc(C3CC3)n(CC3CCN(S(C)(=O)=O)CC3)c2c1. The van der Waals surface area contributed by atoms with E-state index in [0.717, 1.165) is 65.8 Å². The summed E-state index contributed by atoms with van der Waals surface area (Å²) >= 11 is 12.5. The molecule has 10 heteroatoms. The smallest absolute Gasteiger partial charge is 0.325 e. The molecule has 2 aliphatic rings. The number of esters is 1. The number of imidazole rings is 1. The number of fused-ring (bicyclic) bond motifs is 1. The fraction of sp³-hybridized carbons (Fsp3) is 0.375. The van der Waals surface area contributed by atoms with Crippen LogP contribution in [0.1, 0.15) is 54.1 Å². The normalized spacial score (nSPS) is 17.0. The highest BCUT2D eigenvalue weighted by atomic mass is 35.5. The molecule has 2 heterocycles. The van der Waals surface area contributed by atoms with Crippen LogP contribution in [0.5, 0.6) is 0 Å². The molecule has 1 aliphatic heterocycles. The number of rotatable bonds is 8. The molecule has 220 valence electrons. The fourth-order valence-electron chi connectivity index (χ4n) is 6.31. The second-order valence-electron chi connectivity index (χ2n) is 11.4. The number of carbonyl (C=O) groups is 1. The first-order valence-electron chi connectivity index (χ1n) is 14.2. The minimum Gasteiger partial charge on any atom is -0.468 e. The average Bonchev–Trinajstić information content (AvgIpc) is 3.77. The van der Waals surface area contributed by atoms with Gasteiger partial charge < -0.3 is 9.30 Å². The van der Waals surface area contributed by atoms with Crippen LogP contribution in [-0.4, -0.2) is 54.7 Å². The molecule has 1 saturated heterocycles. The predicted molar refractivity (Wildman–Crippen MR) is 166 cm³/mol. The highest BCUT2D eigenvalue weighted by Gasteiger charge is 2.46. The molecule has 7 nitrogen and oxygen atoms in total. The number of sulfonamides is 1. The molecule has 0 amide bonds. The van der Waals surface area contributed by atoms with Crippen molar-refractivity contribution in [3.8, 4) is 0 Å². The maximum atomic E-state index is 14.0. The largest absolute Gasteiger partial charge is 0.468 e. The maximum Gasteiger partial charge on any atom is 0.325 e. The molecule has 0 spiro atoms. The molecular formula is C32H33Cl2N3O4S. The zero-order chi connectivity index (χ0) is 29.6. The van der Waals surface area contributed by atoms with Crippen LogP contribution in [0.2, 0.25) is 10.0 Å². The Hall–Kier alpha value is -2.91. The van der Waals surface area contributed by atoms with Gasteiger partial charge in [0, 0.05) is 35.6 Å². The number of aromatic nitrogens is 2. The second kappa shape index (κ2) is 11.3. The van der Waals surface area contributed by atoms with E-state index >= 15 is 0 Å². The Labute approximate surface area is 256 Å². The van der Waals surface area contributed by atoms with Crippen LogP contribution in [0.4, 0.5) is 0 Å². The Balaban J connectivity index is 1.50. The molecule has 3 aromatic carbocycles. The summed E-state index contributed by atoms with van der Waals surface area (Å²) in [6.45, 7) is 1.80. The summed E-state index contributed by atoms with van der Waals surface area (Å²) in [6, 6.07) is 20.6. The van der Waals surface area contributed by atoms with Gasteiger partial charge in [-0.15, -0.1) is 0 Å². The molecule has 0 atom stereocenters. The molecule has 0 N–H and O–H groups in total. The molecule has 0 radical (unpaired) electrons. The lowest BCUT2D eigenvalue weighted by Crippen LogP contribution is -2.39. The van der Waals surface area contributed by atoms with Gasteiger partial charge >= 0.3 is 5.97 Å². The van der Waals surface area contributed by atoms with Crippen LogP contribution in [0.25, 0.3) is 11.0 Å². The van der Waals surface area contributed by atoms with Gasteiger partial charge in [-0.1, -0.05) is 53.5 Å². The van der Waals surface area contributed by atoms with Gasteiger partial charge in [0.15, 0.2) is 0 Å². The lowest BCUT2D eigenvalue weighted by atomic mass is 9.69. The van der Waals surface area contributed by atoms with Crippen molar-refractivity contribution < 1.29 is 17.9 Å². The van der Waals surface area contributed by atoms with E-state index in [1.54, 1.807) is 28.6 Å². The Kier molecular flexibility index (Phi) is 7.85. The van der Waals surface area contributed by atoms with Gasteiger partial charge in [-0.3, -0.25) is 4.79 Å². The van der Waals surface area contributed by atoms with E-state index in [9.17, 15) is 13.2 Å². The number of halogens is 2. The Morgan fingerprint density at radius 1 is 0.905 bits per heavy atom. The fourth-order valence-corrected chi connectivity index (χ4v) is 7.43. The second-order valence-corrected chi connectivity index (χ2v) is 14.3. The first-order chi connectivity index (χ1) is 20.1. The molecule has 1 aliphatic carbocycles. The standard InChI is InChI=1S/C32H33Cl2N3O4S/c1-41-31(38)32(23-5-10-26(33)11-6-23,24-7-12-27(34)13-8-24)25-9-14-28-29(19-25)37(30(35-28)22-3-4-22)20-21-15-17-36(18-16-21)42(2,39)40/h5-14,19,21-22H,3-4,15-18,20H2,1-2H3. The molecule has 42 heavy (non-hydrogen) atoms. The summed E-state index contributed by atoms with van der Waals surface area (Å²) in [5, 5.41) is 1.14. The minimum atomic E-state index is -3.19. The van der Waals surface area contributed by atoms with Gasteiger partial charge in [-0.2, -0.15) is 0 Å². The van der Waals surface area contributed by atoms with Gasteiger partial charge in [-0.05, 0) is 84.7 Å². The van der Waals surface area contributed by atoms with Crippen molar-refractivity contribution in [1.82, 2.24) is 13.9 Å². The molecule has 6 rings (SSSR count). The van der Waals surface area contributed by atoms with Crippen molar-refractivity contribution >= 4 is 50.2 Å². The van der Waals surface area contributed by atoms with E-state index in [-0.39, 0.29) is 0 Å². The molecule has 0 bridgehead atoms. The third-order valence-corrected chi connectivity index (χ3v) is 10.5. The summed E-state index contributed by atoms with van der Waals surface area (Å²) in [7, 11) is -1.79. The van der Waals surface area contributed by atoms with E-state index < -0.39 is 21.4 Å². The number of benzene rings is 3. The number of nitrogens with zero attached hydrogens (tertiary/aromatic N) is 3. The number of ether oxygens (including phenoxy) is 1. The highest BCUT2D eigenvalue weighted by Crippen LogP contribution is 2.45. The van der Waals surface area contributed by atoms with Gasteiger partial charge in [0.25, 0.3) is 0 Å². The molecule has 4 aromatic rings. The van der Waals surface area contributed by atoms with E-state index in [2.05, 4.69) is 10.6 Å². The number of methoxy groups -OCH3 is 1. The van der Waals surface area contributed by atoms with E-state index in [1.165, 1.54) is 13.4 Å².